The molecule has 0 saturated carbocycles. The van der Waals surface area contributed by atoms with E-state index in [2.05, 4.69) is 28.6 Å². The third-order valence-corrected chi connectivity index (χ3v) is 3.35. The zero-order chi connectivity index (χ0) is 9.54. The second kappa shape index (κ2) is 2.75. The van der Waals surface area contributed by atoms with Gasteiger partial charge in [-0.25, -0.2) is 0 Å². The summed E-state index contributed by atoms with van der Waals surface area (Å²) in [6, 6.07) is 8.21. The van der Waals surface area contributed by atoms with E-state index in [0.29, 0.717) is 0 Å². The number of nitrogens with one attached hydrogen (secondary N) is 1. The van der Waals surface area contributed by atoms with Gasteiger partial charge >= 0.3 is 0 Å². The van der Waals surface area contributed by atoms with Gasteiger partial charge in [0.1, 0.15) is 5.75 Å². The smallest absolute Gasteiger partial charge is 0.119 e. The number of methoxy groups -OCH3 is 1. The Bertz CT molecular complexity index is 593. The fourth-order valence-corrected chi connectivity index (χ4v) is 2.59. The maximum Gasteiger partial charge on any atom is 0.119 e. The van der Waals surface area contributed by atoms with Crippen molar-refractivity contribution in [3.8, 4) is 5.75 Å². The second-order valence-corrected chi connectivity index (χ2v) is 4.12. The van der Waals surface area contributed by atoms with Gasteiger partial charge in [-0.2, -0.15) is 0 Å². The molecule has 2 nitrogen and oxygen atoms in total. The first kappa shape index (κ1) is 7.88. The van der Waals surface area contributed by atoms with Crippen molar-refractivity contribution in [2.75, 3.05) is 7.11 Å². The minimum atomic E-state index is 0.909. The van der Waals surface area contributed by atoms with E-state index < -0.39 is 0 Å². The number of hydrogen-bond acceptors (Lipinski definition) is 2. The van der Waals surface area contributed by atoms with E-state index in [1.54, 1.807) is 18.4 Å². The Labute approximate surface area is 85.1 Å². The van der Waals surface area contributed by atoms with Gasteiger partial charge < -0.3 is 9.72 Å². The van der Waals surface area contributed by atoms with Gasteiger partial charge in [0.05, 0.1) is 17.3 Å². The van der Waals surface area contributed by atoms with Crippen LogP contribution in [0.4, 0.5) is 0 Å². The predicted molar refractivity (Wildman–Crippen MR) is 60.2 cm³/mol. The Balaban J connectivity index is 2.46. The molecule has 0 aliphatic heterocycles. The molecule has 3 heteroatoms. The first-order chi connectivity index (χ1) is 6.88. The highest BCUT2D eigenvalue weighted by molar-refractivity contribution is 7.18. The molecular weight excluding hydrogens is 194 g/mol. The van der Waals surface area contributed by atoms with Crippen molar-refractivity contribution in [1.82, 2.24) is 4.98 Å². The lowest BCUT2D eigenvalue weighted by Gasteiger charge is -1.97. The van der Waals surface area contributed by atoms with E-state index in [-0.39, 0.29) is 0 Å². The molecule has 0 spiro atoms. The standard InChI is InChI=1S/C11H9NOS/c1-13-7-2-3-9-8(6-7)11-10(12-9)4-5-14-11/h2-6,12H,1H3. The molecule has 3 aromatic rings. The van der Waals surface area contributed by atoms with Crippen molar-refractivity contribution in [3.63, 3.8) is 0 Å². The topological polar surface area (TPSA) is 25.0 Å². The van der Waals surface area contributed by atoms with Gasteiger partial charge in [-0.15, -0.1) is 11.3 Å². The van der Waals surface area contributed by atoms with Gasteiger partial charge in [-0.05, 0) is 29.6 Å². The molecule has 2 heterocycles. The highest BCUT2D eigenvalue weighted by atomic mass is 32.1. The minimum Gasteiger partial charge on any atom is -0.497 e. The number of rotatable bonds is 1. The Morgan fingerprint density at radius 2 is 2.14 bits per heavy atom. The lowest BCUT2D eigenvalue weighted by atomic mass is 10.2. The highest BCUT2D eigenvalue weighted by Crippen LogP contribution is 2.31. The average molecular weight is 203 g/mol. The van der Waals surface area contributed by atoms with Crippen LogP contribution in [0.2, 0.25) is 0 Å². The van der Waals surface area contributed by atoms with Crippen LogP contribution in [0.25, 0.3) is 21.1 Å². The van der Waals surface area contributed by atoms with E-state index in [9.17, 15) is 0 Å². The molecule has 70 valence electrons. The van der Waals surface area contributed by atoms with Gasteiger partial charge in [-0.3, -0.25) is 0 Å². The first-order valence-electron chi connectivity index (χ1n) is 4.41. The van der Waals surface area contributed by atoms with Crippen LogP contribution in [0.3, 0.4) is 0 Å². The van der Waals surface area contributed by atoms with E-state index in [1.165, 1.54) is 21.1 Å². The van der Waals surface area contributed by atoms with Crippen molar-refractivity contribution in [2.24, 2.45) is 0 Å². The molecule has 14 heavy (non-hydrogen) atoms. The number of hydrogen-bond donors (Lipinski definition) is 1. The molecule has 2 aromatic heterocycles. The first-order valence-corrected chi connectivity index (χ1v) is 5.29. The van der Waals surface area contributed by atoms with Crippen LogP contribution in [-0.2, 0) is 0 Å². The van der Waals surface area contributed by atoms with Crippen molar-refractivity contribution < 1.29 is 4.74 Å². The number of aromatic nitrogens is 1. The Kier molecular flexibility index (Phi) is 1.55. The summed E-state index contributed by atoms with van der Waals surface area (Å²) < 4.78 is 6.51. The molecule has 0 saturated heterocycles. The molecule has 0 aliphatic rings. The molecule has 0 amide bonds. The van der Waals surface area contributed by atoms with Gasteiger partial charge in [0.2, 0.25) is 0 Å². The number of aromatic amines is 1. The normalized spacial score (nSPS) is 11.2. The number of ether oxygens (including phenoxy) is 1. The van der Waals surface area contributed by atoms with E-state index in [4.69, 9.17) is 4.74 Å². The van der Waals surface area contributed by atoms with Crippen molar-refractivity contribution in [1.29, 1.82) is 0 Å². The molecular formula is C11H9NOS. The SMILES string of the molecule is COc1ccc2[nH]c3ccsc3c2c1. The molecule has 0 bridgehead atoms. The molecule has 0 aliphatic carbocycles. The summed E-state index contributed by atoms with van der Waals surface area (Å²) in [5.41, 5.74) is 2.38. The molecule has 0 atom stereocenters. The molecule has 1 aromatic carbocycles. The Morgan fingerprint density at radius 3 is 3.00 bits per heavy atom. The summed E-state index contributed by atoms with van der Waals surface area (Å²) in [5, 5.41) is 3.34. The third-order valence-electron chi connectivity index (χ3n) is 2.41. The van der Waals surface area contributed by atoms with Crippen LogP contribution < -0.4 is 4.74 Å². The van der Waals surface area contributed by atoms with Crippen LogP contribution in [-0.4, -0.2) is 12.1 Å². The lowest BCUT2D eigenvalue weighted by molar-refractivity contribution is 0.415. The van der Waals surface area contributed by atoms with Crippen LogP contribution >= 0.6 is 11.3 Å². The summed E-state index contributed by atoms with van der Waals surface area (Å²) in [6.07, 6.45) is 0. The maximum absolute atomic E-state index is 5.21. The fourth-order valence-electron chi connectivity index (χ4n) is 1.71. The van der Waals surface area contributed by atoms with Gasteiger partial charge in [-0.1, -0.05) is 0 Å². The van der Waals surface area contributed by atoms with Crippen LogP contribution in [0.5, 0.6) is 5.75 Å². The lowest BCUT2D eigenvalue weighted by Crippen LogP contribution is -1.80. The molecule has 1 N–H and O–H groups in total. The summed E-state index contributed by atoms with van der Waals surface area (Å²) in [6.45, 7) is 0. The van der Waals surface area contributed by atoms with Crippen LogP contribution in [0.15, 0.2) is 29.6 Å². The number of benzene rings is 1. The van der Waals surface area contributed by atoms with E-state index >= 15 is 0 Å². The Morgan fingerprint density at radius 1 is 1.21 bits per heavy atom. The second-order valence-electron chi connectivity index (χ2n) is 3.20. The summed E-state index contributed by atoms with van der Waals surface area (Å²) in [7, 11) is 1.69. The largest absolute Gasteiger partial charge is 0.497 e. The number of thiophene rings is 1. The molecule has 0 fully saturated rings. The average Bonchev–Trinajstić information content (AvgIpc) is 2.76. The summed E-state index contributed by atoms with van der Waals surface area (Å²) in [5.74, 6) is 0.909. The molecule has 3 rings (SSSR count). The van der Waals surface area contributed by atoms with Gasteiger partial charge in [0, 0.05) is 10.9 Å². The van der Waals surface area contributed by atoms with Gasteiger partial charge in [0.15, 0.2) is 0 Å². The van der Waals surface area contributed by atoms with Crippen molar-refractivity contribution in [3.05, 3.63) is 29.6 Å². The maximum atomic E-state index is 5.21. The number of H-pyrrole nitrogens is 1. The minimum absolute atomic E-state index is 0.909. The van der Waals surface area contributed by atoms with Crippen LogP contribution in [0, 0.1) is 0 Å². The van der Waals surface area contributed by atoms with Crippen molar-refractivity contribution >= 4 is 32.5 Å². The van der Waals surface area contributed by atoms with Gasteiger partial charge in [0.25, 0.3) is 0 Å². The fraction of sp³-hybridized carbons (Fsp3) is 0.0909. The van der Waals surface area contributed by atoms with Crippen molar-refractivity contribution in [2.45, 2.75) is 0 Å². The van der Waals surface area contributed by atoms with Crippen LogP contribution in [0.1, 0.15) is 0 Å². The zero-order valence-corrected chi connectivity index (χ0v) is 8.52. The van der Waals surface area contributed by atoms with E-state index in [1.807, 2.05) is 6.07 Å². The molecule has 0 radical (unpaired) electrons. The summed E-state index contributed by atoms with van der Waals surface area (Å²) in [4.78, 5) is 3.36. The highest BCUT2D eigenvalue weighted by Gasteiger charge is 2.05. The van der Waals surface area contributed by atoms with E-state index in [0.717, 1.165) is 5.75 Å². The zero-order valence-electron chi connectivity index (χ0n) is 7.70. The monoisotopic (exact) mass is 203 g/mol. The third kappa shape index (κ3) is 0.960. The summed E-state index contributed by atoms with van der Waals surface area (Å²) >= 11 is 1.76. The predicted octanol–water partition coefficient (Wildman–Crippen LogP) is 3.39. The number of fused-ring (bicyclic) bond motifs is 3. The Hall–Kier alpha value is -1.48. The molecule has 0 unspecified atom stereocenters. The quantitative estimate of drug-likeness (QED) is 0.644.